The van der Waals surface area contributed by atoms with Crippen LogP contribution in [0.1, 0.15) is 50.5 Å². The van der Waals surface area contributed by atoms with Crippen LogP contribution in [0.4, 0.5) is 4.39 Å². The number of halogens is 1. The van der Waals surface area contributed by atoms with Crippen LogP contribution in [0.3, 0.4) is 0 Å². The molecule has 0 nitrogen and oxygen atoms in total. The van der Waals surface area contributed by atoms with Crippen LogP contribution < -0.4 is 0 Å². The van der Waals surface area contributed by atoms with Gasteiger partial charge in [0.25, 0.3) is 0 Å². The standard InChI is InChI=1S/C28H33FSi/c1-2-3-6-17-30-18-15-22(16-19-30)23-9-7-10-24(20-23)27-13-4-5-14-28(27)25-11-8-12-26(29)21-25/h4-5,7-14,20-22,30H,2-3,6,15-19H2,1H3/t22-,30-. The predicted octanol–water partition coefficient (Wildman–Crippen LogP) is 8.45. The molecule has 0 atom stereocenters. The van der Waals surface area contributed by atoms with Crippen molar-refractivity contribution in [2.24, 2.45) is 0 Å². The van der Waals surface area contributed by atoms with Gasteiger partial charge in [0, 0.05) is 8.80 Å². The van der Waals surface area contributed by atoms with Gasteiger partial charge in [-0.15, -0.1) is 0 Å². The Hall–Kier alpha value is -2.19. The van der Waals surface area contributed by atoms with E-state index in [1.807, 2.05) is 12.1 Å². The van der Waals surface area contributed by atoms with E-state index in [2.05, 4.69) is 49.4 Å². The summed E-state index contributed by atoms with van der Waals surface area (Å²) >= 11 is 0. The lowest BCUT2D eigenvalue weighted by Crippen LogP contribution is -2.20. The molecule has 1 saturated heterocycles. The fourth-order valence-corrected chi connectivity index (χ4v) is 8.55. The van der Waals surface area contributed by atoms with E-state index < -0.39 is 8.80 Å². The van der Waals surface area contributed by atoms with E-state index in [0.29, 0.717) is 5.92 Å². The third-order valence-corrected chi connectivity index (χ3v) is 10.3. The number of hydrogen-bond donors (Lipinski definition) is 0. The van der Waals surface area contributed by atoms with Gasteiger partial charge < -0.3 is 0 Å². The molecule has 0 N–H and O–H groups in total. The minimum Gasteiger partial charge on any atom is -0.207 e. The monoisotopic (exact) mass is 416 g/mol. The van der Waals surface area contributed by atoms with Crippen molar-refractivity contribution < 1.29 is 4.39 Å². The highest BCUT2D eigenvalue weighted by Gasteiger charge is 2.23. The third kappa shape index (κ3) is 5.10. The van der Waals surface area contributed by atoms with E-state index in [4.69, 9.17) is 0 Å². The van der Waals surface area contributed by atoms with Gasteiger partial charge in [0.1, 0.15) is 5.82 Å². The molecule has 2 heteroatoms. The van der Waals surface area contributed by atoms with E-state index in [1.54, 1.807) is 18.2 Å². The average molecular weight is 417 g/mol. The van der Waals surface area contributed by atoms with Crippen LogP contribution in [0.5, 0.6) is 0 Å². The third-order valence-electron chi connectivity index (χ3n) is 6.79. The van der Waals surface area contributed by atoms with Gasteiger partial charge in [-0.05, 0) is 58.7 Å². The van der Waals surface area contributed by atoms with Crippen molar-refractivity contribution in [3.05, 3.63) is 84.2 Å². The molecule has 4 rings (SSSR count). The Kier molecular flexibility index (Phi) is 7.17. The zero-order valence-electron chi connectivity index (χ0n) is 18.1. The SMILES string of the molecule is CCCCC[Si@H]1CC[C@H](c2cccc(-c3ccccc3-c3cccc(F)c3)c2)CC1. The second-order valence-electron chi connectivity index (χ2n) is 8.89. The van der Waals surface area contributed by atoms with Crippen LogP contribution in [0.2, 0.25) is 18.1 Å². The molecule has 1 aliphatic heterocycles. The van der Waals surface area contributed by atoms with Gasteiger partial charge in [-0.2, -0.15) is 0 Å². The molecule has 1 fully saturated rings. The normalized spacial score (nSPS) is 19.0. The first-order valence-corrected chi connectivity index (χ1v) is 14.1. The molecule has 0 radical (unpaired) electrons. The summed E-state index contributed by atoms with van der Waals surface area (Å²) in [6.45, 7) is 2.30. The second kappa shape index (κ2) is 10.2. The molecular formula is C28H33FSi. The van der Waals surface area contributed by atoms with Crippen LogP contribution in [0, 0.1) is 5.82 Å². The maximum absolute atomic E-state index is 13.8. The summed E-state index contributed by atoms with van der Waals surface area (Å²) in [7, 11) is -0.481. The first kappa shape index (κ1) is 21.1. The van der Waals surface area contributed by atoms with Crippen molar-refractivity contribution in [1.29, 1.82) is 0 Å². The van der Waals surface area contributed by atoms with Crippen molar-refractivity contribution in [3.8, 4) is 22.3 Å². The second-order valence-corrected chi connectivity index (χ2v) is 12.4. The number of benzene rings is 3. The summed E-state index contributed by atoms with van der Waals surface area (Å²) in [5, 5.41) is 0. The first-order valence-electron chi connectivity index (χ1n) is 11.7. The summed E-state index contributed by atoms with van der Waals surface area (Å²) in [6.07, 6.45) is 6.97. The van der Waals surface area contributed by atoms with Crippen molar-refractivity contribution >= 4 is 8.80 Å². The molecule has 156 valence electrons. The molecule has 0 aromatic heterocycles. The fourth-order valence-electron chi connectivity index (χ4n) is 5.07. The van der Waals surface area contributed by atoms with Crippen LogP contribution in [0.25, 0.3) is 22.3 Å². The predicted molar refractivity (Wildman–Crippen MR) is 130 cm³/mol. The van der Waals surface area contributed by atoms with Gasteiger partial charge in [0.15, 0.2) is 0 Å². The van der Waals surface area contributed by atoms with E-state index >= 15 is 0 Å². The zero-order chi connectivity index (χ0) is 20.8. The van der Waals surface area contributed by atoms with Gasteiger partial charge >= 0.3 is 0 Å². The minimum atomic E-state index is -0.481. The summed E-state index contributed by atoms with van der Waals surface area (Å²) < 4.78 is 13.8. The van der Waals surface area contributed by atoms with Crippen LogP contribution >= 0.6 is 0 Å². The van der Waals surface area contributed by atoms with Crippen molar-refractivity contribution in [2.75, 3.05) is 0 Å². The van der Waals surface area contributed by atoms with E-state index in [1.165, 1.54) is 66.9 Å². The molecule has 3 aromatic rings. The molecular weight excluding hydrogens is 383 g/mol. The smallest absolute Gasteiger partial charge is 0.123 e. The quantitative estimate of drug-likeness (QED) is 0.268. The van der Waals surface area contributed by atoms with E-state index in [0.717, 1.165) is 11.1 Å². The maximum Gasteiger partial charge on any atom is 0.123 e. The first-order chi connectivity index (χ1) is 14.7. The Morgan fingerprint density at radius 2 is 1.47 bits per heavy atom. The van der Waals surface area contributed by atoms with E-state index in [9.17, 15) is 4.39 Å². The van der Waals surface area contributed by atoms with Gasteiger partial charge in [0.2, 0.25) is 0 Å². The Balaban J connectivity index is 1.53. The molecule has 1 heterocycles. The Morgan fingerprint density at radius 3 is 2.13 bits per heavy atom. The van der Waals surface area contributed by atoms with Gasteiger partial charge in [-0.1, -0.05) is 105 Å². The summed E-state index contributed by atoms with van der Waals surface area (Å²) in [5.41, 5.74) is 5.96. The number of unbranched alkanes of at least 4 members (excludes halogenated alkanes) is 2. The lowest BCUT2D eigenvalue weighted by atomic mass is 9.89. The summed E-state index contributed by atoms with van der Waals surface area (Å²) in [5.74, 6) is 0.525. The van der Waals surface area contributed by atoms with Crippen molar-refractivity contribution in [1.82, 2.24) is 0 Å². The summed E-state index contributed by atoms with van der Waals surface area (Å²) in [4.78, 5) is 0. The highest BCUT2D eigenvalue weighted by Crippen LogP contribution is 2.38. The van der Waals surface area contributed by atoms with E-state index in [-0.39, 0.29) is 5.82 Å². The lowest BCUT2D eigenvalue weighted by molar-refractivity contribution is 0.603. The molecule has 0 bridgehead atoms. The Labute approximate surface area is 182 Å². The maximum atomic E-state index is 13.8. The van der Waals surface area contributed by atoms with Crippen molar-refractivity contribution in [2.45, 2.75) is 63.1 Å². The lowest BCUT2D eigenvalue weighted by Gasteiger charge is -2.28. The number of rotatable bonds is 7. The van der Waals surface area contributed by atoms with Gasteiger partial charge in [0.05, 0.1) is 0 Å². The highest BCUT2D eigenvalue weighted by atomic mass is 28.3. The molecule has 1 aliphatic rings. The van der Waals surface area contributed by atoms with Gasteiger partial charge in [-0.25, -0.2) is 4.39 Å². The summed E-state index contributed by atoms with van der Waals surface area (Å²) in [6, 6.07) is 29.0. The number of hydrogen-bond acceptors (Lipinski definition) is 0. The molecule has 0 spiro atoms. The molecule has 0 aliphatic carbocycles. The highest BCUT2D eigenvalue weighted by molar-refractivity contribution is 6.59. The topological polar surface area (TPSA) is 0 Å². The zero-order valence-corrected chi connectivity index (χ0v) is 19.3. The van der Waals surface area contributed by atoms with Gasteiger partial charge in [-0.3, -0.25) is 0 Å². The minimum absolute atomic E-state index is 0.184. The van der Waals surface area contributed by atoms with Crippen LogP contribution in [-0.2, 0) is 0 Å². The largest absolute Gasteiger partial charge is 0.207 e. The average Bonchev–Trinajstić information content (AvgIpc) is 2.80. The van der Waals surface area contributed by atoms with Crippen molar-refractivity contribution in [3.63, 3.8) is 0 Å². The van der Waals surface area contributed by atoms with Crippen LogP contribution in [0.15, 0.2) is 72.8 Å². The Bertz CT molecular complexity index is 956. The fraction of sp³-hybridized carbons (Fsp3) is 0.357. The molecule has 0 amide bonds. The Morgan fingerprint density at radius 1 is 0.800 bits per heavy atom. The molecule has 0 unspecified atom stereocenters. The van der Waals surface area contributed by atoms with Crippen LogP contribution in [-0.4, -0.2) is 8.80 Å². The molecule has 30 heavy (non-hydrogen) atoms. The molecule has 0 saturated carbocycles. The molecule has 3 aromatic carbocycles.